The van der Waals surface area contributed by atoms with Gasteiger partial charge in [-0.1, -0.05) is 6.07 Å². The van der Waals surface area contributed by atoms with Crippen molar-refractivity contribution in [3.63, 3.8) is 0 Å². The van der Waals surface area contributed by atoms with Crippen LogP contribution in [0.4, 0.5) is 10.1 Å². The normalized spacial score (nSPS) is 18.2. The second-order valence-corrected chi connectivity index (χ2v) is 4.51. The molecule has 1 saturated heterocycles. The second kappa shape index (κ2) is 5.35. The molecule has 1 aliphatic heterocycles. The Hall–Kier alpha value is -1.62. The zero-order chi connectivity index (χ0) is 13.1. The van der Waals surface area contributed by atoms with Crippen molar-refractivity contribution in [3.05, 3.63) is 29.6 Å². The van der Waals surface area contributed by atoms with Crippen LogP contribution in [-0.2, 0) is 4.79 Å². The molecule has 0 bridgehead atoms. The minimum Gasteiger partial charge on any atom is -0.389 e. The van der Waals surface area contributed by atoms with E-state index in [0.29, 0.717) is 24.3 Å². The topological polar surface area (TPSA) is 52.6 Å². The van der Waals surface area contributed by atoms with Gasteiger partial charge in [0.2, 0.25) is 5.91 Å². The number of nitrogens with zero attached hydrogens (tertiary/aromatic N) is 1. The van der Waals surface area contributed by atoms with Crippen LogP contribution in [0.15, 0.2) is 18.2 Å². The molecule has 0 aliphatic carbocycles. The van der Waals surface area contributed by atoms with Crippen molar-refractivity contribution < 1.29 is 14.3 Å². The summed E-state index contributed by atoms with van der Waals surface area (Å²) in [5, 5.41) is 12.1. The summed E-state index contributed by atoms with van der Waals surface area (Å²) in [6.07, 6.45) is 0.101. The maximum atomic E-state index is 14.0. The van der Waals surface area contributed by atoms with E-state index in [0.717, 1.165) is 6.42 Å². The first-order chi connectivity index (χ1) is 8.58. The van der Waals surface area contributed by atoms with Crippen LogP contribution in [0.3, 0.4) is 0 Å². The van der Waals surface area contributed by atoms with Gasteiger partial charge in [0.05, 0.1) is 18.3 Å². The molecule has 1 aliphatic rings. The lowest BCUT2D eigenvalue weighted by Crippen LogP contribution is -2.33. The van der Waals surface area contributed by atoms with Gasteiger partial charge in [0.15, 0.2) is 0 Å². The monoisotopic (exact) mass is 252 g/mol. The van der Waals surface area contributed by atoms with Crippen LogP contribution in [0.5, 0.6) is 0 Å². The maximum Gasteiger partial charge on any atom is 0.239 e. The number of carbonyl (C=O) groups is 1. The summed E-state index contributed by atoms with van der Waals surface area (Å²) in [7, 11) is 0. The lowest BCUT2D eigenvalue weighted by molar-refractivity contribution is -0.119. The number of benzene rings is 1. The number of hydrogen-bond acceptors (Lipinski definition) is 3. The van der Waals surface area contributed by atoms with E-state index in [4.69, 9.17) is 0 Å². The van der Waals surface area contributed by atoms with E-state index in [9.17, 15) is 14.3 Å². The number of nitrogens with one attached hydrogen (secondary N) is 1. The molecule has 0 aromatic heterocycles. The molecule has 1 atom stereocenters. The third-order valence-corrected chi connectivity index (χ3v) is 3.06. The zero-order valence-corrected chi connectivity index (χ0v) is 10.3. The highest BCUT2D eigenvalue weighted by Gasteiger charge is 2.18. The summed E-state index contributed by atoms with van der Waals surface area (Å²) < 4.78 is 14.0. The number of aliphatic hydroxyl groups excluding tert-OH is 1. The van der Waals surface area contributed by atoms with E-state index in [2.05, 4.69) is 5.32 Å². The maximum absolute atomic E-state index is 14.0. The first-order valence-corrected chi connectivity index (χ1v) is 6.07. The quantitative estimate of drug-likeness (QED) is 0.831. The molecule has 2 N–H and O–H groups in total. The second-order valence-electron chi connectivity index (χ2n) is 4.51. The molecule has 98 valence electrons. The third-order valence-electron chi connectivity index (χ3n) is 3.06. The molecular formula is C13H17FN2O2. The van der Waals surface area contributed by atoms with E-state index in [1.165, 1.54) is 6.07 Å². The van der Waals surface area contributed by atoms with Crippen molar-refractivity contribution in [2.24, 2.45) is 0 Å². The highest BCUT2D eigenvalue weighted by atomic mass is 19.1. The summed E-state index contributed by atoms with van der Waals surface area (Å²) in [5.74, 6) is -0.491. The molecule has 1 aromatic rings. The van der Waals surface area contributed by atoms with Crippen LogP contribution in [0.1, 0.15) is 25.0 Å². The van der Waals surface area contributed by atoms with Crippen LogP contribution in [-0.4, -0.2) is 30.6 Å². The highest BCUT2D eigenvalue weighted by Crippen LogP contribution is 2.24. The number of rotatable bonds is 2. The van der Waals surface area contributed by atoms with Crippen molar-refractivity contribution in [1.29, 1.82) is 0 Å². The lowest BCUT2D eigenvalue weighted by Gasteiger charge is -2.22. The average Bonchev–Trinajstić information content (AvgIpc) is 2.53. The highest BCUT2D eigenvalue weighted by molar-refractivity contribution is 5.81. The number of anilines is 1. The predicted octanol–water partition coefficient (Wildman–Crippen LogP) is 1.21. The Morgan fingerprint density at radius 3 is 2.94 bits per heavy atom. The summed E-state index contributed by atoms with van der Waals surface area (Å²) in [6, 6.07) is 4.63. The van der Waals surface area contributed by atoms with Crippen LogP contribution in [0.25, 0.3) is 0 Å². The molecule has 0 unspecified atom stereocenters. The van der Waals surface area contributed by atoms with E-state index in [1.807, 2.05) is 0 Å². The van der Waals surface area contributed by atoms with Gasteiger partial charge in [-0.05, 0) is 31.0 Å². The summed E-state index contributed by atoms with van der Waals surface area (Å²) in [4.78, 5) is 13.2. The van der Waals surface area contributed by atoms with Crippen molar-refractivity contribution >= 4 is 11.6 Å². The Morgan fingerprint density at radius 1 is 1.50 bits per heavy atom. The van der Waals surface area contributed by atoms with Crippen molar-refractivity contribution in [3.8, 4) is 0 Å². The summed E-state index contributed by atoms with van der Waals surface area (Å²) >= 11 is 0. The predicted molar refractivity (Wildman–Crippen MR) is 66.9 cm³/mol. The SMILES string of the molecule is C[C@@H](O)c1ccc(N2CCCNC(=O)C2)c(F)c1. The van der Waals surface area contributed by atoms with Gasteiger partial charge in [0.1, 0.15) is 5.82 Å². The fraction of sp³-hybridized carbons (Fsp3) is 0.462. The van der Waals surface area contributed by atoms with Gasteiger partial charge >= 0.3 is 0 Å². The van der Waals surface area contributed by atoms with Crippen LogP contribution in [0.2, 0.25) is 0 Å². The van der Waals surface area contributed by atoms with Crippen molar-refractivity contribution in [2.75, 3.05) is 24.5 Å². The molecule has 4 nitrogen and oxygen atoms in total. The van der Waals surface area contributed by atoms with Crippen LogP contribution < -0.4 is 10.2 Å². The molecule has 1 fully saturated rings. The van der Waals surface area contributed by atoms with Crippen molar-refractivity contribution in [1.82, 2.24) is 5.32 Å². The standard InChI is InChI=1S/C13H17FN2O2/c1-9(17)10-3-4-12(11(14)7-10)16-6-2-5-15-13(18)8-16/h3-4,7,9,17H,2,5-6,8H2,1H3,(H,15,18)/t9-/m1/s1. The molecule has 2 rings (SSSR count). The van der Waals surface area contributed by atoms with Gasteiger partial charge in [-0.2, -0.15) is 0 Å². The number of aliphatic hydroxyl groups is 1. The molecule has 18 heavy (non-hydrogen) atoms. The summed E-state index contributed by atoms with van der Waals surface area (Å²) in [6.45, 7) is 3.03. The number of carbonyl (C=O) groups excluding carboxylic acids is 1. The average molecular weight is 252 g/mol. The van der Waals surface area contributed by atoms with Gasteiger partial charge in [0, 0.05) is 13.1 Å². The molecule has 1 aromatic carbocycles. The zero-order valence-electron chi connectivity index (χ0n) is 10.3. The molecular weight excluding hydrogens is 235 g/mol. The van der Waals surface area contributed by atoms with Gasteiger partial charge in [-0.15, -0.1) is 0 Å². The molecule has 5 heteroatoms. The fourth-order valence-electron chi connectivity index (χ4n) is 2.05. The Kier molecular flexibility index (Phi) is 3.81. The molecule has 0 saturated carbocycles. The molecule has 1 amide bonds. The lowest BCUT2D eigenvalue weighted by atomic mass is 10.1. The van der Waals surface area contributed by atoms with Crippen molar-refractivity contribution in [2.45, 2.75) is 19.4 Å². The van der Waals surface area contributed by atoms with E-state index < -0.39 is 11.9 Å². The van der Waals surface area contributed by atoms with Gasteiger partial charge in [0.25, 0.3) is 0 Å². The number of amides is 1. The fourth-order valence-corrected chi connectivity index (χ4v) is 2.05. The molecule has 0 spiro atoms. The van der Waals surface area contributed by atoms with E-state index in [-0.39, 0.29) is 12.5 Å². The molecule has 0 radical (unpaired) electrons. The van der Waals surface area contributed by atoms with Crippen LogP contribution >= 0.6 is 0 Å². The largest absolute Gasteiger partial charge is 0.389 e. The first kappa shape index (κ1) is 12.8. The Bertz CT molecular complexity index is 449. The number of halogens is 1. The minimum atomic E-state index is -0.694. The molecule has 1 heterocycles. The Morgan fingerprint density at radius 2 is 2.28 bits per heavy atom. The summed E-state index contributed by atoms with van der Waals surface area (Å²) in [5.41, 5.74) is 0.951. The van der Waals surface area contributed by atoms with Gasteiger partial charge < -0.3 is 15.3 Å². The number of hydrogen-bond donors (Lipinski definition) is 2. The third kappa shape index (κ3) is 2.79. The minimum absolute atomic E-state index is 0.0912. The van der Waals surface area contributed by atoms with E-state index in [1.54, 1.807) is 24.0 Å². The Labute approximate surface area is 105 Å². The smallest absolute Gasteiger partial charge is 0.239 e. The van der Waals surface area contributed by atoms with Gasteiger partial charge in [-0.25, -0.2) is 4.39 Å². The van der Waals surface area contributed by atoms with Gasteiger partial charge in [-0.3, -0.25) is 4.79 Å². The van der Waals surface area contributed by atoms with Crippen LogP contribution in [0, 0.1) is 5.82 Å². The Balaban J connectivity index is 2.24. The van der Waals surface area contributed by atoms with E-state index >= 15 is 0 Å². The first-order valence-electron chi connectivity index (χ1n) is 6.07.